The summed E-state index contributed by atoms with van der Waals surface area (Å²) in [6.07, 6.45) is 0. The number of ether oxygens (including phenoxy) is 1. The number of amides is 1. The second-order valence-electron chi connectivity index (χ2n) is 7.00. The Bertz CT molecular complexity index is 665. The normalized spacial score (nSPS) is 18.3. The lowest BCUT2D eigenvalue weighted by molar-refractivity contribution is -0.384. The molecule has 0 N–H and O–H groups in total. The predicted molar refractivity (Wildman–Crippen MR) is 99.8 cm³/mol. The number of rotatable bonds is 4. The minimum atomic E-state index is -0.326. The molecule has 0 unspecified atom stereocenters. The highest BCUT2D eigenvalue weighted by Crippen LogP contribution is 2.33. The van der Waals surface area contributed by atoms with E-state index >= 15 is 0 Å². The minimum Gasteiger partial charge on any atom is -0.378 e. The number of hydrogen-bond donors (Lipinski definition) is 0. The van der Waals surface area contributed by atoms with Crippen molar-refractivity contribution in [2.24, 2.45) is 5.92 Å². The third-order valence-corrected chi connectivity index (χ3v) is 4.96. The summed E-state index contributed by atoms with van der Waals surface area (Å²) in [4.78, 5) is 29.3. The molecule has 0 saturated carbocycles. The first-order chi connectivity index (χ1) is 12.5. The van der Waals surface area contributed by atoms with E-state index in [0.29, 0.717) is 45.1 Å². The third-order valence-electron chi connectivity index (χ3n) is 4.96. The van der Waals surface area contributed by atoms with Crippen molar-refractivity contribution in [3.63, 3.8) is 0 Å². The molecule has 142 valence electrons. The first kappa shape index (κ1) is 18.4. The van der Waals surface area contributed by atoms with E-state index in [1.54, 1.807) is 6.07 Å². The van der Waals surface area contributed by atoms with Crippen LogP contribution < -0.4 is 9.80 Å². The van der Waals surface area contributed by atoms with Gasteiger partial charge >= 0.3 is 0 Å². The molecule has 3 rings (SSSR count). The smallest absolute Gasteiger partial charge is 0.292 e. The second-order valence-corrected chi connectivity index (χ2v) is 7.00. The molecule has 1 aromatic rings. The van der Waals surface area contributed by atoms with Crippen LogP contribution in [0.3, 0.4) is 0 Å². The van der Waals surface area contributed by atoms with Crippen molar-refractivity contribution >= 4 is 23.0 Å². The molecule has 1 amide bonds. The topological polar surface area (TPSA) is 79.2 Å². The highest BCUT2D eigenvalue weighted by Gasteiger charge is 2.26. The summed E-state index contributed by atoms with van der Waals surface area (Å²) in [7, 11) is 0. The maximum absolute atomic E-state index is 12.1. The Balaban J connectivity index is 1.76. The number of nitro benzene ring substituents is 1. The Kier molecular flexibility index (Phi) is 5.61. The van der Waals surface area contributed by atoms with E-state index in [1.165, 1.54) is 0 Å². The molecule has 0 bridgehead atoms. The van der Waals surface area contributed by atoms with E-state index in [4.69, 9.17) is 4.74 Å². The van der Waals surface area contributed by atoms with Crippen molar-refractivity contribution in [3.05, 3.63) is 28.3 Å². The standard InChI is InChI=1S/C18H26N4O4/c1-14(2)18(23)21-7-5-19(6-8-21)15-3-4-16(22(24)25)17(13-15)20-9-11-26-12-10-20/h3-4,13-14H,5-12H2,1-2H3. The van der Waals surface area contributed by atoms with Crippen molar-refractivity contribution in [1.82, 2.24) is 4.90 Å². The van der Waals surface area contributed by atoms with Gasteiger partial charge in [0.05, 0.1) is 18.1 Å². The zero-order valence-corrected chi connectivity index (χ0v) is 15.4. The highest BCUT2D eigenvalue weighted by molar-refractivity contribution is 5.78. The van der Waals surface area contributed by atoms with Crippen LogP contribution in [0.4, 0.5) is 17.1 Å². The summed E-state index contributed by atoms with van der Waals surface area (Å²) in [5.41, 5.74) is 1.74. The van der Waals surface area contributed by atoms with Crippen molar-refractivity contribution in [3.8, 4) is 0 Å². The molecular formula is C18H26N4O4. The number of carbonyl (C=O) groups is 1. The quantitative estimate of drug-likeness (QED) is 0.600. The zero-order valence-electron chi connectivity index (χ0n) is 15.4. The van der Waals surface area contributed by atoms with Gasteiger partial charge in [0.25, 0.3) is 5.69 Å². The van der Waals surface area contributed by atoms with Crippen LogP contribution in [0.2, 0.25) is 0 Å². The molecule has 0 spiro atoms. The average Bonchev–Trinajstić information content (AvgIpc) is 2.67. The monoisotopic (exact) mass is 362 g/mol. The number of anilines is 2. The van der Waals surface area contributed by atoms with E-state index in [2.05, 4.69) is 4.90 Å². The average molecular weight is 362 g/mol. The third kappa shape index (κ3) is 3.90. The van der Waals surface area contributed by atoms with Gasteiger partial charge in [-0.25, -0.2) is 0 Å². The molecule has 2 saturated heterocycles. The first-order valence-corrected chi connectivity index (χ1v) is 9.12. The fraction of sp³-hybridized carbons (Fsp3) is 0.611. The van der Waals surface area contributed by atoms with E-state index in [1.807, 2.05) is 35.8 Å². The number of nitro groups is 1. The molecule has 8 heteroatoms. The first-order valence-electron chi connectivity index (χ1n) is 9.12. The van der Waals surface area contributed by atoms with Gasteiger partial charge in [0.2, 0.25) is 5.91 Å². The summed E-state index contributed by atoms with van der Waals surface area (Å²) in [6.45, 7) is 9.13. The number of hydrogen-bond acceptors (Lipinski definition) is 6. The SMILES string of the molecule is CC(C)C(=O)N1CCN(c2ccc([N+](=O)[O-])c(N3CCOCC3)c2)CC1. The molecule has 0 atom stereocenters. The van der Waals surface area contributed by atoms with Crippen LogP contribution in [0.25, 0.3) is 0 Å². The maximum atomic E-state index is 12.1. The molecule has 0 radical (unpaired) electrons. The van der Waals surface area contributed by atoms with Crippen molar-refractivity contribution < 1.29 is 14.5 Å². The summed E-state index contributed by atoms with van der Waals surface area (Å²) >= 11 is 0. The van der Waals surface area contributed by atoms with Gasteiger partial charge in [-0.3, -0.25) is 14.9 Å². The van der Waals surface area contributed by atoms with Gasteiger partial charge in [0.15, 0.2) is 0 Å². The van der Waals surface area contributed by atoms with E-state index in [9.17, 15) is 14.9 Å². The summed E-state index contributed by atoms with van der Waals surface area (Å²) in [5, 5.41) is 11.4. The van der Waals surface area contributed by atoms with Gasteiger partial charge in [0.1, 0.15) is 5.69 Å². The van der Waals surface area contributed by atoms with Crippen LogP contribution >= 0.6 is 0 Å². The number of nitrogens with zero attached hydrogens (tertiary/aromatic N) is 4. The molecule has 0 aromatic heterocycles. The summed E-state index contributed by atoms with van der Waals surface area (Å²) in [6, 6.07) is 5.30. The Hall–Kier alpha value is -2.35. The second kappa shape index (κ2) is 7.90. The molecule has 2 aliphatic rings. The Morgan fingerprint density at radius 1 is 1.08 bits per heavy atom. The van der Waals surface area contributed by atoms with Gasteiger partial charge in [-0.1, -0.05) is 13.8 Å². The molecule has 2 fully saturated rings. The number of piperazine rings is 1. The van der Waals surface area contributed by atoms with Gasteiger partial charge in [-0.05, 0) is 12.1 Å². The van der Waals surface area contributed by atoms with Gasteiger partial charge < -0.3 is 19.4 Å². The fourth-order valence-corrected chi connectivity index (χ4v) is 3.47. The summed E-state index contributed by atoms with van der Waals surface area (Å²) < 4.78 is 5.36. The van der Waals surface area contributed by atoms with Crippen LogP contribution in [0.15, 0.2) is 18.2 Å². The van der Waals surface area contributed by atoms with Gasteiger partial charge in [0, 0.05) is 56.9 Å². The number of morpholine rings is 1. The number of carbonyl (C=O) groups excluding carboxylic acids is 1. The van der Waals surface area contributed by atoms with Crippen molar-refractivity contribution in [2.75, 3.05) is 62.3 Å². The van der Waals surface area contributed by atoms with Crippen molar-refractivity contribution in [1.29, 1.82) is 0 Å². The van der Waals surface area contributed by atoms with Crippen LogP contribution in [-0.2, 0) is 9.53 Å². The van der Waals surface area contributed by atoms with Crippen molar-refractivity contribution in [2.45, 2.75) is 13.8 Å². The molecule has 2 heterocycles. The Morgan fingerprint density at radius 2 is 1.73 bits per heavy atom. The Morgan fingerprint density at radius 3 is 2.31 bits per heavy atom. The minimum absolute atomic E-state index is 0.00819. The number of benzene rings is 1. The lowest BCUT2D eigenvalue weighted by Gasteiger charge is -2.37. The molecular weight excluding hydrogens is 336 g/mol. The maximum Gasteiger partial charge on any atom is 0.292 e. The fourth-order valence-electron chi connectivity index (χ4n) is 3.47. The van der Waals surface area contributed by atoms with E-state index in [-0.39, 0.29) is 22.4 Å². The van der Waals surface area contributed by atoms with E-state index < -0.39 is 0 Å². The van der Waals surface area contributed by atoms with Crippen LogP contribution in [-0.4, -0.2) is 68.2 Å². The highest BCUT2D eigenvalue weighted by atomic mass is 16.6. The lowest BCUT2D eigenvalue weighted by Crippen LogP contribution is -2.50. The largest absolute Gasteiger partial charge is 0.378 e. The molecule has 26 heavy (non-hydrogen) atoms. The molecule has 2 aliphatic heterocycles. The van der Waals surface area contributed by atoms with Crippen LogP contribution in [0.5, 0.6) is 0 Å². The van der Waals surface area contributed by atoms with E-state index in [0.717, 1.165) is 18.8 Å². The van der Waals surface area contributed by atoms with Gasteiger partial charge in [-0.15, -0.1) is 0 Å². The summed E-state index contributed by atoms with van der Waals surface area (Å²) in [5.74, 6) is 0.191. The molecule has 8 nitrogen and oxygen atoms in total. The lowest BCUT2D eigenvalue weighted by atomic mass is 10.1. The van der Waals surface area contributed by atoms with Crippen LogP contribution in [0, 0.1) is 16.0 Å². The molecule has 1 aromatic carbocycles. The molecule has 0 aliphatic carbocycles. The zero-order chi connectivity index (χ0) is 18.7. The van der Waals surface area contributed by atoms with Crippen LogP contribution in [0.1, 0.15) is 13.8 Å². The Labute approximate surface area is 153 Å². The predicted octanol–water partition coefficient (Wildman–Crippen LogP) is 1.74. The van der Waals surface area contributed by atoms with Gasteiger partial charge in [-0.2, -0.15) is 0 Å².